The monoisotopic (exact) mass is 1680 g/mol. The Balaban J connectivity index is 0.000000220. The number of ether oxygens (including phenoxy) is 7. The van der Waals surface area contributed by atoms with Crippen molar-refractivity contribution in [2.45, 2.75) is 162 Å². The van der Waals surface area contributed by atoms with Gasteiger partial charge < -0.3 is 120 Å². The SMILES string of the molecule is C=C1NC(=O)C(C#CC)=CN1[C@@H]1O[C@H](CCP(=C)(C)C)[C@@H](O)[C@H]1O.C=C1NC(=O)C(CO)=CN1[C@@H]1O[C@H](CCP(=C)(C)C)[C@@H](O)[C@H]1O.C=C1NC(=O)C=CN1[C@@H]1O[C@H](CCP(=C)(C)C)[C@@H](O)[C@H]1OC.C=C1NC(=O)C=CN1[C@@H]1O[C@H](CCP(=C)(C)C)[C@@H](O)[C@H]1OC.C=P(C)(C)CC[C@H]1O[C@@H](n2ccc(=O)n(C)c2=O)[C@H](O)[C@@H]1O. The molecule has 9 aliphatic heterocycles. The minimum absolute atomic E-state index is 0.135. The Morgan fingerprint density at radius 2 is 0.770 bits per heavy atom. The van der Waals surface area contributed by atoms with Crippen molar-refractivity contribution in [1.29, 1.82) is 0 Å². The molecule has 10 rings (SSSR count). The molecule has 4 amide bonds. The first kappa shape index (κ1) is 95.9. The van der Waals surface area contributed by atoms with E-state index in [0.717, 1.165) is 52.8 Å². The number of aromatic nitrogens is 2. The van der Waals surface area contributed by atoms with Crippen LogP contribution in [0.5, 0.6) is 0 Å². The molecule has 37 heteroatoms. The summed E-state index contributed by atoms with van der Waals surface area (Å²) < 4.78 is 42.2. The first-order chi connectivity index (χ1) is 52.3. The van der Waals surface area contributed by atoms with Crippen LogP contribution in [-0.4, -0.2) is 365 Å². The zero-order chi connectivity index (χ0) is 85.1. The van der Waals surface area contributed by atoms with E-state index in [1.807, 2.05) is 0 Å². The summed E-state index contributed by atoms with van der Waals surface area (Å²) in [5.41, 5.74) is -0.636. The third kappa shape index (κ3) is 26.6. The van der Waals surface area contributed by atoms with Gasteiger partial charge in [-0.25, -0.2) is 4.79 Å². The number of nitrogens with one attached hydrogen (secondary N) is 4. The van der Waals surface area contributed by atoms with Gasteiger partial charge in [0.25, 0.3) is 29.2 Å². The van der Waals surface area contributed by atoms with Gasteiger partial charge in [-0.05, 0) is 136 Å². The van der Waals surface area contributed by atoms with Crippen LogP contribution in [0.25, 0.3) is 0 Å². The lowest BCUT2D eigenvalue weighted by molar-refractivity contribution is -0.120. The number of aliphatic hydroxyl groups is 9. The molecular weight excluding hydrogens is 1560 g/mol. The zero-order valence-corrected chi connectivity index (χ0v) is 72.0. The molecule has 0 saturated carbocycles. The van der Waals surface area contributed by atoms with Crippen molar-refractivity contribution >= 4 is 89.6 Å². The molecule has 0 bridgehead atoms. The van der Waals surface area contributed by atoms with E-state index in [9.17, 15) is 74.7 Å². The minimum Gasteiger partial charge on any atom is -0.391 e. The Labute approximate surface area is 664 Å². The molecule has 0 radical (unpaired) electrons. The van der Waals surface area contributed by atoms with E-state index < -0.39 is 169 Å². The van der Waals surface area contributed by atoms with Gasteiger partial charge in [-0.1, -0.05) is 32.2 Å². The van der Waals surface area contributed by atoms with Crippen LogP contribution in [0, 0.1) is 11.8 Å². The van der Waals surface area contributed by atoms with Crippen LogP contribution in [0.15, 0.2) is 120 Å². The number of amides is 4. The zero-order valence-electron chi connectivity index (χ0n) is 67.6. The average Bonchev–Trinajstić information content (AvgIpc) is 1.60. The van der Waals surface area contributed by atoms with Crippen LogP contribution in [-0.2, 0) is 59.4 Å². The summed E-state index contributed by atoms with van der Waals surface area (Å²) in [6.45, 7) is 31.4. The maximum atomic E-state index is 12.1. The summed E-state index contributed by atoms with van der Waals surface area (Å²) in [6.07, 6.45) is 23.7. The van der Waals surface area contributed by atoms with E-state index in [4.69, 9.17) is 33.2 Å². The van der Waals surface area contributed by atoms with Gasteiger partial charge in [-0.15, -0.1) is 71.8 Å². The van der Waals surface area contributed by atoms with E-state index in [1.54, 1.807) is 43.3 Å². The molecule has 0 aliphatic carbocycles. The van der Waals surface area contributed by atoms with E-state index in [-0.39, 0.29) is 52.7 Å². The topological polar surface area (TPSA) is 420 Å². The van der Waals surface area contributed by atoms with Gasteiger partial charge >= 0.3 is 5.69 Å². The summed E-state index contributed by atoms with van der Waals surface area (Å²) in [4.78, 5) is 76.0. The van der Waals surface area contributed by atoms with Gasteiger partial charge in [0, 0.05) is 70.5 Å². The summed E-state index contributed by atoms with van der Waals surface area (Å²) in [6, 6.07) is 1.22. The molecule has 634 valence electrons. The van der Waals surface area contributed by atoms with Gasteiger partial charge in [0.15, 0.2) is 31.1 Å². The lowest BCUT2D eigenvalue weighted by Gasteiger charge is -2.34. The second-order valence-corrected chi connectivity index (χ2v) is 54.1. The highest BCUT2D eigenvalue weighted by Crippen LogP contribution is 2.44. The first-order valence-corrected chi connectivity index (χ1v) is 52.0. The molecule has 0 spiro atoms. The predicted molar refractivity (Wildman–Crippen MR) is 452 cm³/mol. The summed E-state index contributed by atoms with van der Waals surface area (Å²) in [5.74, 6) is 5.46. The standard InChI is InChI=1S/C17H25N2O4P.C15H25N2O5P.2C15H25N2O4P.C14H23N2O5P/c1-6-7-12-10-19(11(2)18-16(12)22)17-15(21)14(20)13(23-17)8-9-24(3,4)5;1-9-16-14(21)10(8-18)7-17(9)15-13(20)12(19)11(22-15)5-6-23(2,3)4;2*1-10-16-12(18)6-8-17(10)15-14(20-2)13(19)11(21-15)7-9-22(3,4)5;1-15-10(17)5-7-16(14(15)20)13-12(19)11(18)9(21-13)6-8-22(2,3)4/h10,13-15,17,20-21H,2-3,8-9H2,1,4-5H3,(H,18,22);7,11-13,15,18-20H,1-2,5-6,8H2,3-4H3,(H,16,21);2*6,8,11,13-15,19H,1,3,7,9H2,2,4-5H3,(H,16,18);5,7,9,11-13,18-19H,2,6,8H2,1,3-4H3/t13-,14-,15-,17-;11-,12-,13-,15-;2*11-,13-,14-,15-;9-,11-,12-,13-/m11111/s1. The first-order valence-electron chi connectivity index (χ1n) is 36.7. The predicted octanol–water partition coefficient (Wildman–Crippen LogP) is 0.126. The van der Waals surface area contributed by atoms with Gasteiger partial charge in [0.2, 0.25) is 0 Å². The van der Waals surface area contributed by atoms with E-state index >= 15 is 0 Å². The maximum Gasteiger partial charge on any atom is 0.332 e. The van der Waals surface area contributed by atoms with Crippen LogP contribution >= 0.6 is 34.4 Å². The lowest BCUT2D eigenvalue weighted by atomic mass is 10.1. The molecule has 0 unspecified atom stereocenters. The van der Waals surface area contributed by atoms with Gasteiger partial charge in [-0.2, -0.15) is 0 Å². The van der Waals surface area contributed by atoms with E-state index in [1.165, 1.54) is 53.7 Å². The van der Waals surface area contributed by atoms with Gasteiger partial charge in [0.05, 0.1) is 42.7 Å². The number of hydrogen-bond acceptors (Lipinski definition) is 26. The highest BCUT2D eigenvalue weighted by molar-refractivity contribution is 7.73. The number of nitrogens with zero attached hydrogens (tertiary/aromatic N) is 6. The van der Waals surface area contributed by atoms with Crippen molar-refractivity contribution in [3.05, 3.63) is 131 Å². The Morgan fingerprint density at radius 1 is 0.451 bits per heavy atom. The molecular formula is C76H123N10O22P5. The van der Waals surface area contributed by atoms with Crippen molar-refractivity contribution in [2.24, 2.45) is 7.05 Å². The number of aliphatic hydroxyl groups excluding tert-OH is 9. The Bertz CT molecular complexity index is 4120. The van der Waals surface area contributed by atoms with Crippen LogP contribution in [0.3, 0.4) is 0 Å². The number of methoxy groups -OCH3 is 2. The Hall–Kier alpha value is -5.90. The van der Waals surface area contributed by atoms with Gasteiger partial charge in [-0.3, -0.25) is 33.1 Å². The summed E-state index contributed by atoms with van der Waals surface area (Å²) in [5, 5.41) is 102. The molecule has 5 fully saturated rings. The fourth-order valence-corrected chi connectivity index (χ4v) is 17.8. The van der Waals surface area contributed by atoms with Crippen molar-refractivity contribution in [3.8, 4) is 11.8 Å². The molecule has 0 aromatic carbocycles. The van der Waals surface area contributed by atoms with E-state index in [0.29, 0.717) is 30.9 Å². The van der Waals surface area contributed by atoms with E-state index in [2.05, 4.69) is 158 Å². The van der Waals surface area contributed by atoms with Crippen molar-refractivity contribution in [1.82, 2.24) is 50.0 Å². The highest BCUT2D eigenvalue weighted by Gasteiger charge is 2.51. The quantitative estimate of drug-likeness (QED) is 0.0511. The smallest absolute Gasteiger partial charge is 0.332 e. The normalized spacial score (nSPS) is 31.3. The molecule has 1 aromatic heterocycles. The lowest BCUT2D eigenvalue weighted by Crippen LogP contribution is -2.48. The maximum absolute atomic E-state index is 12.1. The van der Waals surface area contributed by atoms with Crippen LogP contribution in [0.1, 0.15) is 45.3 Å². The number of rotatable bonds is 23. The average molecular weight is 1680 g/mol. The fraction of sp³-hybridized carbons (Fsp3) is 0.592. The molecule has 5 saturated heterocycles. The van der Waals surface area contributed by atoms with Crippen molar-refractivity contribution in [3.63, 3.8) is 0 Å². The molecule has 1 aromatic rings. The van der Waals surface area contributed by atoms with Crippen LogP contribution in [0.4, 0.5) is 0 Å². The van der Waals surface area contributed by atoms with Crippen LogP contribution < -0.4 is 32.5 Å². The molecule has 32 nitrogen and oxygen atoms in total. The van der Waals surface area contributed by atoms with Crippen molar-refractivity contribution in [2.75, 3.05) is 118 Å². The van der Waals surface area contributed by atoms with Crippen molar-refractivity contribution < 1.29 is 98.3 Å². The summed E-state index contributed by atoms with van der Waals surface area (Å²) in [7, 11) is 4.44. The number of carbonyl (C=O) groups excluding carboxylic acids is 4. The molecule has 20 atom stereocenters. The fourth-order valence-electron chi connectivity index (χ4n) is 13.0. The van der Waals surface area contributed by atoms with Gasteiger partial charge in [0.1, 0.15) is 89.9 Å². The molecule has 13 N–H and O–H groups in total. The van der Waals surface area contributed by atoms with Crippen LogP contribution in [0.2, 0.25) is 0 Å². The minimum atomic E-state index is -1.27. The number of hydrogen-bond donors (Lipinski definition) is 13. The molecule has 9 aliphatic rings. The Morgan fingerprint density at radius 3 is 1.11 bits per heavy atom. The summed E-state index contributed by atoms with van der Waals surface area (Å²) >= 11 is 0. The second-order valence-electron chi connectivity index (χ2n) is 32.5. The second kappa shape index (κ2) is 40.5. The largest absolute Gasteiger partial charge is 0.391 e. The Kier molecular flexibility index (Phi) is 34.4. The third-order valence-electron chi connectivity index (χ3n) is 19.5. The third-order valence-corrected chi connectivity index (χ3v) is 26.8. The highest BCUT2D eigenvalue weighted by atomic mass is 31.2. The molecule has 10 heterocycles. The molecule has 113 heavy (non-hydrogen) atoms. The number of carbonyl (C=O) groups is 4.